The number of fused-ring (bicyclic) bond motifs is 1. The molecule has 0 aromatic heterocycles. The summed E-state index contributed by atoms with van der Waals surface area (Å²) in [7, 11) is 0. The van der Waals surface area contributed by atoms with Gasteiger partial charge in [0.2, 0.25) is 0 Å². The van der Waals surface area contributed by atoms with Crippen molar-refractivity contribution in [1.29, 1.82) is 0 Å². The molecule has 7 nitrogen and oxygen atoms in total. The Balaban J connectivity index is 1.51. The number of nitrogens with two attached hydrogens (primary N) is 1. The van der Waals surface area contributed by atoms with Crippen LogP contribution in [-0.4, -0.2) is 47.9 Å². The van der Waals surface area contributed by atoms with Gasteiger partial charge in [-0.25, -0.2) is 13.6 Å². The number of ether oxygens (including phenoxy) is 1. The monoisotopic (exact) mass is 563 g/mol. The molecule has 2 unspecified atom stereocenters. The number of hydrogen-bond acceptors (Lipinski definition) is 6. The number of aryl methyl sites for hydroxylation is 1. The summed E-state index contributed by atoms with van der Waals surface area (Å²) in [4.78, 5) is 40.0. The maximum atomic E-state index is 13.8. The number of carbonyl (C=O) groups is 3. The second kappa shape index (κ2) is 13.1. The average Bonchev–Trinajstić information content (AvgIpc) is 3.15. The lowest BCUT2D eigenvalue weighted by atomic mass is 10.0. The molecule has 3 N–H and O–H groups in total. The standard InChI is InChI=1S/C32H35F2N3O4/c1-4-20-6-5-7-21(10-20)16-36-17-29(28(35)13-22-11-24(33)15-25(34)12-22)41-32(40)23-8-9-26-27(14-23)31(39)37(30(26)38)18-19(2)3/h5-12,14-15,19,28-29,36H,4,13,16-18,35H2,1-3H3. The zero-order valence-corrected chi connectivity index (χ0v) is 23.5. The molecule has 0 spiro atoms. The van der Waals surface area contributed by atoms with Crippen LogP contribution in [0.4, 0.5) is 8.78 Å². The molecule has 2 amide bonds. The SMILES string of the molecule is CCc1cccc(CNCC(OC(=O)c2ccc3c(c2)C(=O)N(CC(C)C)C3=O)C(N)Cc2cc(F)cc(F)c2)c1. The van der Waals surface area contributed by atoms with Crippen molar-refractivity contribution in [2.75, 3.05) is 13.1 Å². The molecule has 0 radical (unpaired) electrons. The highest BCUT2D eigenvalue weighted by Crippen LogP contribution is 2.25. The predicted molar refractivity (Wildman–Crippen MR) is 151 cm³/mol. The van der Waals surface area contributed by atoms with Gasteiger partial charge in [-0.05, 0) is 65.8 Å². The topological polar surface area (TPSA) is 102 Å². The highest BCUT2D eigenvalue weighted by Gasteiger charge is 2.36. The number of nitrogens with one attached hydrogen (secondary N) is 1. The summed E-state index contributed by atoms with van der Waals surface area (Å²) in [5.41, 5.74) is 9.48. The summed E-state index contributed by atoms with van der Waals surface area (Å²) in [5, 5.41) is 3.27. The van der Waals surface area contributed by atoms with Gasteiger partial charge in [-0.1, -0.05) is 45.0 Å². The minimum absolute atomic E-state index is 0.0565. The molecule has 41 heavy (non-hydrogen) atoms. The van der Waals surface area contributed by atoms with Crippen LogP contribution in [0.2, 0.25) is 0 Å². The van der Waals surface area contributed by atoms with Gasteiger partial charge in [0.25, 0.3) is 11.8 Å². The number of esters is 1. The normalized spacial score (nSPS) is 14.4. The van der Waals surface area contributed by atoms with E-state index in [1.165, 1.54) is 40.8 Å². The van der Waals surface area contributed by atoms with Gasteiger partial charge < -0.3 is 15.8 Å². The molecule has 4 rings (SSSR count). The highest BCUT2D eigenvalue weighted by atomic mass is 19.1. The van der Waals surface area contributed by atoms with Crippen molar-refractivity contribution in [3.05, 3.63) is 106 Å². The minimum atomic E-state index is -0.869. The van der Waals surface area contributed by atoms with Gasteiger partial charge in [-0.2, -0.15) is 0 Å². The fraction of sp³-hybridized carbons (Fsp3) is 0.344. The number of imide groups is 1. The Morgan fingerprint density at radius 3 is 2.29 bits per heavy atom. The second-order valence-corrected chi connectivity index (χ2v) is 10.8. The zero-order chi connectivity index (χ0) is 29.7. The molecule has 2 atom stereocenters. The molecule has 1 aliphatic rings. The van der Waals surface area contributed by atoms with Crippen LogP contribution in [0.1, 0.15) is 68.5 Å². The third-order valence-corrected chi connectivity index (χ3v) is 6.96. The molecule has 0 bridgehead atoms. The first-order chi connectivity index (χ1) is 19.5. The van der Waals surface area contributed by atoms with Gasteiger partial charge in [-0.15, -0.1) is 0 Å². The van der Waals surface area contributed by atoms with Crippen molar-refractivity contribution < 1.29 is 27.9 Å². The average molecular weight is 564 g/mol. The van der Waals surface area contributed by atoms with Gasteiger partial charge in [0, 0.05) is 31.7 Å². The van der Waals surface area contributed by atoms with Gasteiger partial charge in [0.15, 0.2) is 0 Å². The van der Waals surface area contributed by atoms with Crippen LogP contribution in [0.5, 0.6) is 0 Å². The van der Waals surface area contributed by atoms with Gasteiger partial charge in [0.05, 0.1) is 16.7 Å². The van der Waals surface area contributed by atoms with Crippen LogP contribution >= 0.6 is 0 Å². The van der Waals surface area contributed by atoms with Crippen molar-refractivity contribution in [2.45, 2.75) is 52.3 Å². The fourth-order valence-corrected chi connectivity index (χ4v) is 4.89. The van der Waals surface area contributed by atoms with Crippen molar-refractivity contribution >= 4 is 17.8 Å². The Kier molecular flexibility index (Phi) is 9.62. The molecular formula is C32H35F2N3O4. The summed E-state index contributed by atoms with van der Waals surface area (Å²) in [6.45, 7) is 6.82. The van der Waals surface area contributed by atoms with Crippen LogP contribution in [-0.2, 0) is 24.1 Å². The second-order valence-electron chi connectivity index (χ2n) is 10.8. The van der Waals surface area contributed by atoms with E-state index in [1.807, 2.05) is 32.0 Å². The van der Waals surface area contributed by atoms with Crippen LogP contribution in [0, 0.1) is 17.6 Å². The summed E-state index contributed by atoms with van der Waals surface area (Å²) in [5.74, 6) is -2.93. The number of rotatable bonds is 12. The van der Waals surface area contributed by atoms with E-state index in [0.29, 0.717) is 12.1 Å². The van der Waals surface area contributed by atoms with Crippen LogP contribution in [0.15, 0.2) is 60.7 Å². The number of nitrogens with zero attached hydrogens (tertiary/aromatic N) is 1. The molecular weight excluding hydrogens is 528 g/mol. The Hall–Kier alpha value is -3.95. The maximum Gasteiger partial charge on any atom is 0.338 e. The fourth-order valence-electron chi connectivity index (χ4n) is 4.89. The van der Waals surface area contributed by atoms with Crippen LogP contribution in [0.3, 0.4) is 0 Å². The first kappa shape index (κ1) is 30.0. The van der Waals surface area contributed by atoms with E-state index in [1.54, 1.807) is 0 Å². The lowest BCUT2D eigenvalue weighted by molar-refractivity contribution is 0.0238. The molecule has 0 saturated carbocycles. The van der Waals surface area contributed by atoms with Gasteiger partial charge >= 0.3 is 5.97 Å². The van der Waals surface area contributed by atoms with E-state index in [4.69, 9.17) is 10.5 Å². The van der Waals surface area contributed by atoms with Crippen molar-refractivity contribution in [1.82, 2.24) is 10.2 Å². The number of hydrogen-bond donors (Lipinski definition) is 2. The Labute approximate surface area is 238 Å². The smallest absolute Gasteiger partial charge is 0.338 e. The summed E-state index contributed by atoms with van der Waals surface area (Å²) >= 11 is 0. The quantitative estimate of drug-likeness (QED) is 0.246. The molecule has 1 aliphatic heterocycles. The maximum absolute atomic E-state index is 13.8. The first-order valence-electron chi connectivity index (χ1n) is 13.8. The lowest BCUT2D eigenvalue weighted by Crippen LogP contribution is -2.46. The van der Waals surface area contributed by atoms with E-state index in [9.17, 15) is 23.2 Å². The van der Waals surface area contributed by atoms with Crippen LogP contribution < -0.4 is 11.1 Å². The van der Waals surface area contributed by atoms with E-state index < -0.39 is 41.6 Å². The first-order valence-corrected chi connectivity index (χ1v) is 13.8. The Morgan fingerprint density at radius 2 is 1.61 bits per heavy atom. The molecule has 3 aromatic rings. The number of halogens is 2. The predicted octanol–water partition coefficient (Wildman–Crippen LogP) is 4.66. The number of amides is 2. The molecule has 9 heteroatoms. The third-order valence-electron chi connectivity index (χ3n) is 6.96. The van der Waals surface area contributed by atoms with E-state index >= 15 is 0 Å². The molecule has 0 aliphatic carbocycles. The molecule has 3 aromatic carbocycles. The van der Waals surface area contributed by atoms with Gasteiger partial charge in [0.1, 0.15) is 17.7 Å². The minimum Gasteiger partial charge on any atom is -0.456 e. The highest BCUT2D eigenvalue weighted by molar-refractivity contribution is 6.22. The van der Waals surface area contributed by atoms with Crippen LogP contribution in [0.25, 0.3) is 0 Å². The summed E-state index contributed by atoms with van der Waals surface area (Å²) < 4.78 is 33.4. The van der Waals surface area contributed by atoms with Crippen molar-refractivity contribution in [2.24, 2.45) is 11.7 Å². The van der Waals surface area contributed by atoms with E-state index in [0.717, 1.165) is 18.1 Å². The van der Waals surface area contributed by atoms with Gasteiger partial charge in [-0.3, -0.25) is 14.5 Å². The van der Waals surface area contributed by atoms with Crippen molar-refractivity contribution in [3.8, 4) is 0 Å². The largest absolute Gasteiger partial charge is 0.456 e. The summed E-state index contributed by atoms with van der Waals surface area (Å²) in [6.07, 6.45) is 0.0834. The number of benzene rings is 3. The Morgan fingerprint density at radius 1 is 0.927 bits per heavy atom. The zero-order valence-electron chi connectivity index (χ0n) is 23.5. The molecule has 0 saturated heterocycles. The summed E-state index contributed by atoms with van der Waals surface area (Å²) in [6, 6.07) is 14.7. The number of carbonyl (C=O) groups excluding carboxylic acids is 3. The molecule has 216 valence electrons. The molecule has 1 heterocycles. The molecule has 0 fully saturated rings. The van der Waals surface area contributed by atoms with E-state index in [-0.39, 0.29) is 42.1 Å². The van der Waals surface area contributed by atoms with E-state index in [2.05, 4.69) is 18.3 Å². The lowest BCUT2D eigenvalue weighted by Gasteiger charge is -2.25. The van der Waals surface area contributed by atoms with Crippen molar-refractivity contribution in [3.63, 3.8) is 0 Å². The Bertz CT molecular complexity index is 1420. The third kappa shape index (κ3) is 7.42.